The highest BCUT2D eigenvalue weighted by molar-refractivity contribution is 5.88. The third-order valence-corrected chi connectivity index (χ3v) is 1.80. The van der Waals surface area contributed by atoms with Gasteiger partial charge in [-0.05, 0) is 18.6 Å². The van der Waals surface area contributed by atoms with Crippen molar-refractivity contribution in [2.45, 2.75) is 6.42 Å². The maximum absolute atomic E-state index is 10.6. The van der Waals surface area contributed by atoms with Crippen LogP contribution >= 0.6 is 0 Å². The van der Waals surface area contributed by atoms with E-state index in [0.717, 1.165) is 6.07 Å². The fourth-order valence-corrected chi connectivity index (χ4v) is 1.11. The van der Waals surface area contributed by atoms with Crippen LogP contribution in [-0.2, 0) is 6.42 Å². The SMILES string of the molecule is O=C(O)c1cc(O)c(O)c(CCO)c1. The van der Waals surface area contributed by atoms with Crippen molar-refractivity contribution in [2.75, 3.05) is 6.61 Å². The predicted octanol–water partition coefficient (Wildman–Crippen LogP) is 0.331. The van der Waals surface area contributed by atoms with Gasteiger partial charge in [-0.2, -0.15) is 0 Å². The van der Waals surface area contributed by atoms with Gasteiger partial charge >= 0.3 is 5.97 Å². The summed E-state index contributed by atoms with van der Waals surface area (Å²) in [5, 5.41) is 35.7. The number of hydrogen-bond acceptors (Lipinski definition) is 4. The first-order valence-corrected chi connectivity index (χ1v) is 3.95. The molecule has 0 fully saturated rings. The first-order valence-electron chi connectivity index (χ1n) is 3.95. The number of aliphatic hydroxyl groups excluding tert-OH is 1. The molecule has 5 heteroatoms. The lowest BCUT2D eigenvalue weighted by Gasteiger charge is -2.06. The molecule has 1 rings (SSSR count). The molecule has 0 spiro atoms. The van der Waals surface area contributed by atoms with Crippen molar-refractivity contribution in [3.05, 3.63) is 23.3 Å². The normalized spacial score (nSPS) is 10.1. The van der Waals surface area contributed by atoms with Gasteiger partial charge in [0.2, 0.25) is 0 Å². The van der Waals surface area contributed by atoms with Gasteiger partial charge in [0, 0.05) is 12.2 Å². The first-order chi connectivity index (χ1) is 6.56. The van der Waals surface area contributed by atoms with E-state index >= 15 is 0 Å². The van der Waals surface area contributed by atoms with Gasteiger partial charge in [0.05, 0.1) is 5.56 Å². The van der Waals surface area contributed by atoms with Crippen molar-refractivity contribution < 1.29 is 25.2 Å². The van der Waals surface area contributed by atoms with E-state index in [2.05, 4.69) is 0 Å². The number of rotatable bonds is 3. The maximum Gasteiger partial charge on any atom is 0.335 e. The topological polar surface area (TPSA) is 98.0 Å². The van der Waals surface area contributed by atoms with Gasteiger partial charge in [-0.1, -0.05) is 0 Å². The van der Waals surface area contributed by atoms with Crippen LogP contribution in [0.2, 0.25) is 0 Å². The Hall–Kier alpha value is -1.75. The number of aliphatic hydroxyl groups is 1. The highest BCUT2D eigenvalue weighted by Crippen LogP contribution is 2.30. The molecule has 76 valence electrons. The summed E-state index contributed by atoms with van der Waals surface area (Å²) in [6.07, 6.45) is 0.0977. The summed E-state index contributed by atoms with van der Waals surface area (Å²) in [5.74, 6) is -2.07. The van der Waals surface area contributed by atoms with Crippen molar-refractivity contribution in [1.29, 1.82) is 0 Å². The standard InChI is InChI=1S/C9H10O5/c10-2-1-5-3-6(9(13)14)4-7(11)8(5)12/h3-4,10-12H,1-2H2,(H,13,14). The molecule has 14 heavy (non-hydrogen) atoms. The van der Waals surface area contributed by atoms with E-state index in [1.54, 1.807) is 0 Å². The zero-order chi connectivity index (χ0) is 10.7. The number of aromatic hydroxyl groups is 2. The monoisotopic (exact) mass is 198 g/mol. The Labute approximate surface area is 79.9 Å². The Bertz CT molecular complexity index is 358. The third kappa shape index (κ3) is 1.94. The Kier molecular flexibility index (Phi) is 2.93. The van der Waals surface area contributed by atoms with E-state index in [-0.39, 0.29) is 29.9 Å². The lowest BCUT2D eigenvalue weighted by molar-refractivity contribution is 0.0696. The van der Waals surface area contributed by atoms with Crippen molar-refractivity contribution in [2.24, 2.45) is 0 Å². The van der Waals surface area contributed by atoms with Gasteiger partial charge in [-0.25, -0.2) is 4.79 Å². The molecule has 0 atom stereocenters. The Morgan fingerprint density at radius 2 is 1.93 bits per heavy atom. The van der Waals surface area contributed by atoms with Crippen molar-refractivity contribution >= 4 is 5.97 Å². The molecule has 0 unspecified atom stereocenters. The highest BCUT2D eigenvalue weighted by Gasteiger charge is 2.12. The number of carboxylic acid groups (broad SMARTS) is 1. The van der Waals surface area contributed by atoms with Crippen LogP contribution < -0.4 is 0 Å². The lowest BCUT2D eigenvalue weighted by atomic mass is 10.1. The number of aromatic carboxylic acids is 1. The summed E-state index contributed by atoms with van der Waals surface area (Å²) >= 11 is 0. The number of carbonyl (C=O) groups is 1. The van der Waals surface area contributed by atoms with E-state index in [9.17, 15) is 9.90 Å². The molecule has 0 bridgehead atoms. The smallest absolute Gasteiger partial charge is 0.335 e. The molecular weight excluding hydrogens is 188 g/mol. The molecule has 0 aliphatic carbocycles. The van der Waals surface area contributed by atoms with E-state index in [1.807, 2.05) is 0 Å². The summed E-state index contributed by atoms with van der Waals surface area (Å²) in [6.45, 7) is -0.226. The summed E-state index contributed by atoms with van der Waals surface area (Å²) in [4.78, 5) is 10.6. The molecule has 4 N–H and O–H groups in total. The Morgan fingerprint density at radius 1 is 1.29 bits per heavy atom. The number of phenols is 2. The first kappa shape index (κ1) is 10.3. The van der Waals surface area contributed by atoms with Gasteiger partial charge < -0.3 is 20.4 Å². The zero-order valence-corrected chi connectivity index (χ0v) is 7.27. The molecule has 0 aliphatic heterocycles. The quantitative estimate of drug-likeness (QED) is 0.525. The highest BCUT2D eigenvalue weighted by atomic mass is 16.4. The molecule has 0 saturated carbocycles. The molecule has 1 aromatic rings. The lowest BCUT2D eigenvalue weighted by Crippen LogP contribution is -1.99. The Morgan fingerprint density at radius 3 is 2.43 bits per heavy atom. The van der Waals surface area contributed by atoms with E-state index in [1.165, 1.54) is 6.07 Å². The van der Waals surface area contributed by atoms with Gasteiger partial charge in [-0.15, -0.1) is 0 Å². The second kappa shape index (κ2) is 3.97. The average Bonchev–Trinajstić information content (AvgIpc) is 2.12. The van der Waals surface area contributed by atoms with Crippen LogP contribution in [0.1, 0.15) is 15.9 Å². The van der Waals surface area contributed by atoms with Crippen LogP contribution in [0, 0.1) is 0 Å². The predicted molar refractivity (Wildman–Crippen MR) is 47.5 cm³/mol. The zero-order valence-electron chi connectivity index (χ0n) is 7.27. The number of carboxylic acids is 1. The maximum atomic E-state index is 10.6. The van der Waals surface area contributed by atoms with Crippen molar-refractivity contribution in [3.8, 4) is 11.5 Å². The van der Waals surface area contributed by atoms with Gasteiger partial charge in [0.25, 0.3) is 0 Å². The third-order valence-electron chi connectivity index (χ3n) is 1.80. The molecule has 1 aromatic carbocycles. The van der Waals surface area contributed by atoms with Crippen LogP contribution in [0.15, 0.2) is 12.1 Å². The second-order valence-electron chi connectivity index (χ2n) is 2.78. The summed E-state index contributed by atoms with van der Waals surface area (Å²) in [5.41, 5.74) is 0.0913. The largest absolute Gasteiger partial charge is 0.504 e. The van der Waals surface area contributed by atoms with Gasteiger partial charge in [-0.3, -0.25) is 0 Å². The van der Waals surface area contributed by atoms with Gasteiger partial charge in [0.15, 0.2) is 11.5 Å². The van der Waals surface area contributed by atoms with E-state index in [0.29, 0.717) is 0 Å². The van der Waals surface area contributed by atoms with Crippen LogP contribution in [-0.4, -0.2) is 33.0 Å². The molecule has 5 nitrogen and oxygen atoms in total. The molecule has 0 saturated heterocycles. The average molecular weight is 198 g/mol. The van der Waals surface area contributed by atoms with Crippen LogP contribution in [0.3, 0.4) is 0 Å². The number of benzene rings is 1. The summed E-state index contributed by atoms with van der Waals surface area (Å²) in [7, 11) is 0. The van der Waals surface area contributed by atoms with Crippen LogP contribution in [0.25, 0.3) is 0 Å². The van der Waals surface area contributed by atoms with Crippen molar-refractivity contribution in [3.63, 3.8) is 0 Å². The molecule has 0 aromatic heterocycles. The number of phenolic OH excluding ortho intramolecular Hbond substituents is 2. The minimum atomic E-state index is -1.19. The summed E-state index contributed by atoms with van der Waals surface area (Å²) in [6, 6.07) is 2.17. The van der Waals surface area contributed by atoms with Crippen LogP contribution in [0.4, 0.5) is 0 Å². The molecule has 0 radical (unpaired) electrons. The second-order valence-corrected chi connectivity index (χ2v) is 2.78. The fourth-order valence-electron chi connectivity index (χ4n) is 1.11. The minimum absolute atomic E-state index is 0.0977. The van der Waals surface area contributed by atoms with Crippen molar-refractivity contribution in [1.82, 2.24) is 0 Å². The van der Waals surface area contributed by atoms with Gasteiger partial charge in [0.1, 0.15) is 0 Å². The summed E-state index contributed by atoms with van der Waals surface area (Å²) < 4.78 is 0. The van der Waals surface area contributed by atoms with E-state index in [4.69, 9.17) is 15.3 Å². The number of hydrogen-bond donors (Lipinski definition) is 4. The van der Waals surface area contributed by atoms with Crippen LogP contribution in [0.5, 0.6) is 11.5 Å². The molecular formula is C9H10O5. The Balaban J connectivity index is 3.20. The molecule has 0 heterocycles. The minimum Gasteiger partial charge on any atom is -0.504 e. The molecule has 0 aliphatic rings. The van der Waals surface area contributed by atoms with E-state index < -0.39 is 11.7 Å². The molecule has 0 amide bonds. The fraction of sp³-hybridized carbons (Fsp3) is 0.222.